The van der Waals surface area contributed by atoms with Crippen LogP contribution in [0.4, 0.5) is 0 Å². The minimum Gasteiger partial charge on any atom is -0.468 e. The van der Waals surface area contributed by atoms with Crippen molar-refractivity contribution in [2.75, 3.05) is 7.05 Å². The second-order valence-corrected chi connectivity index (χ2v) is 2.89. The Balaban J connectivity index is 3.16. The molecule has 0 bridgehead atoms. The molecule has 0 fully saturated rings. The van der Waals surface area contributed by atoms with Gasteiger partial charge in [-0.3, -0.25) is 0 Å². The molecule has 0 radical (unpaired) electrons. The van der Waals surface area contributed by atoms with E-state index in [-0.39, 0.29) is 0 Å². The Morgan fingerprint density at radius 1 is 1.56 bits per heavy atom. The highest BCUT2D eigenvalue weighted by Gasteiger charge is 2.00. The van der Waals surface area contributed by atoms with E-state index in [2.05, 4.69) is 27.9 Å². The minimum atomic E-state index is 0.727. The van der Waals surface area contributed by atoms with Gasteiger partial charge in [0, 0.05) is 7.05 Å². The van der Waals surface area contributed by atoms with Gasteiger partial charge in [0.15, 0.2) is 0 Å². The SMILES string of the molecule is [CH2-][NH+](C)C(C)CCCC. The van der Waals surface area contributed by atoms with Crippen LogP contribution >= 0.6 is 0 Å². The highest BCUT2D eigenvalue weighted by atomic mass is 15.1. The summed E-state index contributed by atoms with van der Waals surface area (Å²) in [6, 6.07) is 0.727. The van der Waals surface area contributed by atoms with Crippen molar-refractivity contribution in [3.05, 3.63) is 7.05 Å². The molecule has 2 atom stereocenters. The lowest BCUT2D eigenvalue weighted by Gasteiger charge is -2.22. The molecule has 0 aliphatic carbocycles. The Morgan fingerprint density at radius 2 is 2.11 bits per heavy atom. The molecule has 9 heavy (non-hydrogen) atoms. The molecule has 1 nitrogen and oxygen atoms in total. The lowest BCUT2D eigenvalue weighted by Crippen LogP contribution is -3.07. The fourth-order valence-electron chi connectivity index (χ4n) is 0.757. The van der Waals surface area contributed by atoms with Crippen molar-refractivity contribution in [3.63, 3.8) is 0 Å². The lowest BCUT2D eigenvalue weighted by molar-refractivity contribution is -0.858. The van der Waals surface area contributed by atoms with Gasteiger partial charge in [-0.05, 0) is 19.8 Å². The van der Waals surface area contributed by atoms with E-state index in [1.807, 2.05) is 0 Å². The van der Waals surface area contributed by atoms with Crippen molar-refractivity contribution in [2.45, 2.75) is 39.2 Å². The van der Waals surface area contributed by atoms with E-state index in [0.717, 1.165) is 6.04 Å². The molecule has 0 aromatic carbocycles. The molecule has 2 unspecified atom stereocenters. The summed E-state index contributed by atoms with van der Waals surface area (Å²) in [6.07, 6.45) is 3.96. The molecular weight excluding hydrogens is 110 g/mol. The largest absolute Gasteiger partial charge is 0.468 e. The summed E-state index contributed by atoms with van der Waals surface area (Å²) in [5.74, 6) is 0. The van der Waals surface area contributed by atoms with E-state index in [0.29, 0.717) is 0 Å². The molecule has 1 heteroatoms. The first-order chi connectivity index (χ1) is 4.18. The molecule has 1 N–H and O–H groups in total. The molecule has 0 aliphatic heterocycles. The Bertz CT molecular complexity index is 59.6. The van der Waals surface area contributed by atoms with Gasteiger partial charge in [-0.15, -0.1) is 0 Å². The second kappa shape index (κ2) is 4.80. The first kappa shape index (κ1) is 8.96. The molecule has 56 valence electrons. The molecule has 0 rings (SSSR count). The maximum absolute atomic E-state index is 3.91. The first-order valence-corrected chi connectivity index (χ1v) is 3.83. The van der Waals surface area contributed by atoms with Gasteiger partial charge < -0.3 is 4.90 Å². The van der Waals surface area contributed by atoms with Crippen LogP contribution in [-0.2, 0) is 0 Å². The van der Waals surface area contributed by atoms with Gasteiger partial charge in [0.05, 0.1) is 6.04 Å². The monoisotopic (exact) mass is 129 g/mol. The van der Waals surface area contributed by atoms with Gasteiger partial charge >= 0.3 is 0 Å². The minimum absolute atomic E-state index is 0.727. The topological polar surface area (TPSA) is 4.44 Å². The van der Waals surface area contributed by atoms with Crippen molar-refractivity contribution >= 4 is 0 Å². The number of nitrogens with one attached hydrogen (secondary N) is 1. The summed E-state index contributed by atoms with van der Waals surface area (Å²) in [7, 11) is 6.02. The quantitative estimate of drug-likeness (QED) is 0.537. The average Bonchev–Trinajstić information content (AvgIpc) is 1.82. The maximum atomic E-state index is 3.91. The van der Waals surface area contributed by atoms with E-state index in [1.165, 1.54) is 24.2 Å². The third kappa shape index (κ3) is 4.46. The van der Waals surface area contributed by atoms with Gasteiger partial charge in [-0.25, -0.2) is 0 Å². The van der Waals surface area contributed by atoms with Crippen molar-refractivity contribution in [2.24, 2.45) is 0 Å². The third-order valence-corrected chi connectivity index (χ3v) is 1.83. The van der Waals surface area contributed by atoms with Crippen LogP contribution in [0.2, 0.25) is 0 Å². The van der Waals surface area contributed by atoms with E-state index < -0.39 is 0 Å². The summed E-state index contributed by atoms with van der Waals surface area (Å²) in [6.45, 7) is 4.48. The van der Waals surface area contributed by atoms with Gasteiger partial charge in [-0.2, -0.15) is 7.05 Å². The normalized spacial score (nSPS) is 17.3. The molecule has 0 saturated carbocycles. The highest BCUT2D eigenvalue weighted by molar-refractivity contribution is 4.45. The number of rotatable bonds is 4. The standard InChI is InChI=1S/C8H19N/c1-5-6-7-8(2)9(3)4/h8-9H,3,5-7H2,1-2,4H3. The van der Waals surface area contributed by atoms with Crippen LogP contribution in [0.15, 0.2) is 0 Å². The zero-order valence-corrected chi connectivity index (χ0v) is 6.91. The van der Waals surface area contributed by atoms with Crippen molar-refractivity contribution < 1.29 is 4.90 Å². The predicted molar refractivity (Wildman–Crippen MR) is 41.2 cm³/mol. The van der Waals surface area contributed by atoms with Gasteiger partial charge in [0.2, 0.25) is 0 Å². The summed E-state index contributed by atoms with van der Waals surface area (Å²) in [5.41, 5.74) is 0. The Kier molecular flexibility index (Phi) is 4.78. The summed E-state index contributed by atoms with van der Waals surface area (Å²) in [4.78, 5) is 1.32. The van der Waals surface area contributed by atoms with Gasteiger partial charge in [-0.1, -0.05) is 13.3 Å². The maximum Gasteiger partial charge on any atom is 0.0604 e. The van der Waals surface area contributed by atoms with Crippen LogP contribution < -0.4 is 4.90 Å². The van der Waals surface area contributed by atoms with Crippen molar-refractivity contribution in [1.29, 1.82) is 0 Å². The predicted octanol–water partition coefficient (Wildman–Crippen LogP) is 0.871. The number of unbranched alkanes of at least 4 members (excludes halogenated alkanes) is 1. The number of hydrogen-bond donors (Lipinski definition) is 1. The molecule has 0 heterocycles. The zero-order chi connectivity index (χ0) is 7.28. The highest BCUT2D eigenvalue weighted by Crippen LogP contribution is 1.95. The lowest BCUT2D eigenvalue weighted by atomic mass is 10.1. The number of hydrogen-bond acceptors (Lipinski definition) is 0. The summed E-state index contributed by atoms with van der Waals surface area (Å²) < 4.78 is 0. The molecule has 0 aromatic rings. The second-order valence-electron chi connectivity index (χ2n) is 2.89. The average molecular weight is 129 g/mol. The summed E-state index contributed by atoms with van der Waals surface area (Å²) >= 11 is 0. The molecule has 0 amide bonds. The van der Waals surface area contributed by atoms with Crippen molar-refractivity contribution in [3.8, 4) is 0 Å². The van der Waals surface area contributed by atoms with Crippen LogP contribution in [-0.4, -0.2) is 13.1 Å². The van der Waals surface area contributed by atoms with E-state index in [4.69, 9.17) is 0 Å². The molecule has 0 aromatic heterocycles. The Morgan fingerprint density at radius 3 is 2.44 bits per heavy atom. The van der Waals surface area contributed by atoms with Crippen molar-refractivity contribution in [1.82, 2.24) is 0 Å². The Labute approximate surface area is 59.1 Å². The third-order valence-electron chi connectivity index (χ3n) is 1.83. The Hall–Kier alpha value is -0.0400. The van der Waals surface area contributed by atoms with E-state index >= 15 is 0 Å². The van der Waals surface area contributed by atoms with Crippen LogP contribution in [0, 0.1) is 7.05 Å². The van der Waals surface area contributed by atoms with E-state index in [9.17, 15) is 0 Å². The van der Waals surface area contributed by atoms with Crippen LogP contribution in [0.5, 0.6) is 0 Å². The molecule has 0 spiro atoms. The van der Waals surface area contributed by atoms with Gasteiger partial charge in [0.25, 0.3) is 0 Å². The number of quaternary nitrogens is 1. The first-order valence-electron chi connectivity index (χ1n) is 3.83. The fourth-order valence-corrected chi connectivity index (χ4v) is 0.757. The van der Waals surface area contributed by atoms with Gasteiger partial charge in [0.1, 0.15) is 0 Å². The van der Waals surface area contributed by atoms with E-state index in [1.54, 1.807) is 0 Å². The summed E-state index contributed by atoms with van der Waals surface area (Å²) in [5, 5.41) is 0. The molecular formula is C8H19N. The molecule has 0 aliphatic rings. The molecule has 0 saturated heterocycles. The fraction of sp³-hybridized carbons (Fsp3) is 0.875. The van der Waals surface area contributed by atoms with Crippen LogP contribution in [0.3, 0.4) is 0 Å². The van der Waals surface area contributed by atoms with Crippen LogP contribution in [0.1, 0.15) is 33.1 Å². The smallest absolute Gasteiger partial charge is 0.0604 e. The zero-order valence-electron chi connectivity index (χ0n) is 6.91. The van der Waals surface area contributed by atoms with Crippen LogP contribution in [0.25, 0.3) is 0 Å².